The second-order valence-corrected chi connectivity index (χ2v) is 5.69. The number of hydrogen-bond donors (Lipinski definition) is 3. The van der Waals surface area contributed by atoms with Crippen LogP contribution in [0.15, 0.2) is 18.2 Å². The van der Waals surface area contributed by atoms with Gasteiger partial charge in [-0.25, -0.2) is 4.79 Å². The molecule has 0 spiro atoms. The van der Waals surface area contributed by atoms with Crippen LogP contribution in [0.4, 0.5) is 0 Å². The van der Waals surface area contributed by atoms with Crippen molar-refractivity contribution >= 4 is 23.5 Å². The summed E-state index contributed by atoms with van der Waals surface area (Å²) in [6.07, 6.45) is -1.58. The summed E-state index contributed by atoms with van der Waals surface area (Å²) < 4.78 is 5.08. The number of nitrogens with one attached hydrogen (secondary N) is 1. The summed E-state index contributed by atoms with van der Waals surface area (Å²) in [5.74, 6) is -1.44. The van der Waals surface area contributed by atoms with Crippen molar-refractivity contribution in [3.05, 3.63) is 28.8 Å². The van der Waals surface area contributed by atoms with Gasteiger partial charge in [0.05, 0.1) is 12.7 Å². The lowest BCUT2D eigenvalue weighted by atomic mass is 9.86. The molecule has 0 radical (unpaired) electrons. The number of halogens is 1. The summed E-state index contributed by atoms with van der Waals surface area (Å²) in [6.45, 7) is 3.07. The number of methoxy groups -OCH3 is 1. The molecule has 0 bridgehead atoms. The Morgan fingerprint density at radius 3 is 2.57 bits per heavy atom. The van der Waals surface area contributed by atoms with Crippen LogP contribution < -0.4 is 10.1 Å². The van der Waals surface area contributed by atoms with Gasteiger partial charge in [0.2, 0.25) is 0 Å². The molecular formula is C14H18ClNO5. The second-order valence-electron chi connectivity index (χ2n) is 5.26. The van der Waals surface area contributed by atoms with Crippen molar-refractivity contribution in [2.45, 2.75) is 20.0 Å². The maximum absolute atomic E-state index is 12.1. The SMILES string of the molecule is COc1ccc(Cl)cc1C(=O)NCC(C)(C)C(O)C(=O)O. The van der Waals surface area contributed by atoms with Crippen molar-refractivity contribution in [2.24, 2.45) is 5.41 Å². The summed E-state index contributed by atoms with van der Waals surface area (Å²) in [6, 6.07) is 4.61. The van der Waals surface area contributed by atoms with Gasteiger partial charge in [0.1, 0.15) is 5.75 Å². The molecule has 0 aliphatic carbocycles. The fourth-order valence-electron chi connectivity index (χ4n) is 1.69. The molecule has 0 aliphatic heterocycles. The van der Waals surface area contributed by atoms with Crippen molar-refractivity contribution < 1.29 is 24.5 Å². The Hall–Kier alpha value is -1.79. The van der Waals surface area contributed by atoms with Gasteiger partial charge >= 0.3 is 5.97 Å². The number of carboxylic acids is 1. The molecule has 1 aromatic carbocycles. The first-order valence-electron chi connectivity index (χ1n) is 6.21. The molecule has 1 rings (SSSR count). The van der Waals surface area contributed by atoms with E-state index < -0.39 is 23.4 Å². The Morgan fingerprint density at radius 1 is 1.43 bits per heavy atom. The van der Waals surface area contributed by atoms with E-state index in [1.807, 2.05) is 0 Å². The maximum atomic E-state index is 12.1. The number of benzene rings is 1. The van der Waals surface area contributed by atoms with Gasteiger partial charge in [-0.15, -0.1) is 0 Å². The molecular weight excluding hydrogens is 298 g/mol. The van der Waals surface area contributed by atoms with Crippen LogP contribution in [0.1, 0.15) is 24.2 Å². The smallest absolute Gasteiger partial charge is 0.333 e. The van der Waals surface area contributed by atoms with Gasteiger partial charge < -0.3 is 20.3 Å². The molecule has 0 fully saturated rings. The summed E-state index contributed by atoms with van der Waals surface area (Å²) in [7, 11) is 1.43. The molecule has 0 aromatic heterocycles. The average molecular weight is 316 g/mol. The van der Waals surface area contributed by atoms with Crippen molar-refractivity contribution in [2.75, 3.05) is 13.7 Å². The van der Waals surface area contributed by atoms with E-state index >= 15 is 0 Å². The highest BCUT2D eigenvalue weighted by Gasteiger charge is 2.34. The third kappa shape index (κ3) is 4.34. The van der Waals surface area contributed by atoms with Gasteiger partial charge in [-0.1, -0.05) is 25.4 Å². The Kier molecular flexibility index (Phi) is 5.57. The van der Waals surface area contributed by atoms with Crippen molar-refractivity contribution in [3.8, 4) is 5.75 Å². The molecule has 0 saturated carbocycles. The number of carbonyl (C=O) groups excluding carboxylic acids is 1. The van der Waals surface area contributed by atoms with Crippen LogP contribution in [0.2, 0.25) is 5.02 Å². The maximum Gasteiger partial charge on any atom is 0.333 e. The summed E-state index contributed by atoms with van der Waals surface area (Å²) in [5, 5.41) is 21.4. The molecule has 0 saturated heterocycles. The molecule has 1 atom stereocenters. The molecule has 1 amide bonds. The highest BCUT2D eigenvalue weighted by atomic mass is 35.5. The topological polar surface area (TPSA) is 95.9 Å². The zero-order valence-electron chi connectivity index (χ0n) is 12.0. The zero-order chi connectivity index (χ0) is 16.2. The predicted octanol–water partition coefficient (Wildman–Crippen LogP) is 1.55. The monoisotopic (exact) mass is 315 g/mol. The normalized spacial score (nSPS) is 12.6. The van der Waals surface area contributed by atoms with Crippen LogP contribution in [-0.4, -0.2) is 41.8 Å². The fraction of sp³-hybridized carbons (Fsp3) is 0.429. The Balaban J connectivity index is 2.83. The lowest BCUT2D eigenvalue weighted by molar-refractivity contribution is -0.152. The number of aliphatic hydroxyl groups excluding tert-OH is 1. The third-order valence-electron chi connectivity index (χ3n) is 3.08. The minimum absolute atomic E-state index is 0.0189. The van der Waals surface area contributed by atoms with E-state index in [-0.39, 0.29) is 12.1 Å². The molecule has 1 unspecified atom stereocenters. The minimum atomic E-state index is -1.58. The van der Waals surface area contributed by atoms with Crippen LogP contribution >= 0.6 is 11.6 Å². The largest absolute Gasteiger partial charge is 0.496 e. The number of carbonyl (C=O) groups is 2. The van der Waals surface area contributed by atoms with Gasteiger partial charge in [-0.05, 0) is 18.2 Å². The lowest BCUT2D eigenvalue weighted by Gasteiger charge is -2.27. The number of ether oxygens (including phenoxy) is 1. The van der Waals surface area contributed by atoms with Gasteiger partial charge in [0.15, 0.2) is 6.10 Å². The Labute approximate surface area is 127 Å². The highest BCUT2D eigenvalue weighted by molar-refractivity contribution is 6.31. The van der Waals surface area contributed by atoms with Crippen molar-refractivity contribution in [3.63, 3.8) is 0 Å². The first-order chi connectivity index (χ1) is 9.69. The number of amides is 1. The Bertz CT molecular complexity index is 544. The van der Waals surface area contributed by atoms with E-state index in [0.29, 0.717) is 10.8 Å². The van der Waals surface area contributed by atoms with Gasteiger partial charge in [0.25, 0.3) is 5.91 Å². The van der Waals surface area contributed by atoms with E-state index in [4.69, 9.17) is 21.4 Å². The lowest BCUT2D eigenvalue weighted by Crippen LogP contribution is -2.45. The molecule has 116 valence electrons. The van der Waals surface area contributed by atoms with E-state index in [1.165, 1.54) is 13.2 Å². The first-order valence-corrected chi connectivity index (χ1v) is 6.59. The highest BCUT2D eigenvalue weighted by Crippen LogP contribution is 2.24. The quantitative estimate of drug-likeness (QED) is 0.740. The van der Waals surface area contributed by atoms with Crippen molar-refractivity contribution in [1.29, 1.82) is 0 Å². The van der Waals surface area contributed by atoms with Gasteiger partial charge in [0, 0.05) is 17.0 Å². The van der Waals surface area contributed by atoms with Crippen LogP contribution in [0.25, 0.3) is 0 Å². The zero-order valence-corrected chi connectivity index (χ0v) is 12.8. The van der Waals surface area contributed by atoms with Crippen molar-refractivity contribution in [1.82, 2.24) is 5.32 Å². The minimum Gasteiger partial charge on any atom is -0.496 e. The number of carboxylic acid groups (broad SMARTS) is 1. The standard InChI is InChI=1S/C14H18ClNO5/c1-14(2,11(17)13(19)20)7-16-12(18)9-6-8(15)4-5-10(9)21-3/h4-6,11,17H,7H2,1-3H3,(H,16,18)(H,19,20). The fourth-order valence-corrected chi connectivity index (χ4v) is 1.86. The number of aliphatic hydroxyl groups is 1. The average Bonchev–Trinajstić information content (AvgIpc) is 2.43. The number of rotatable bonds is 6. The van der Waals surface area contributed by atoms with Crippen LogP contribution in [0.5, 0.6) is 5.75 Å². The van der Waals surface area contributed by atoms with E-state index in [1.54, 1.807) is 26.0 Å². The van der Waals surface area contributed by atoms with E-state index in [0.717, 1.165) is 0 Å². The van der Waals surface area contributed by atoms with Crippen LogP contribution in [0.3, 0.4) is 0 Å². The molecule has 7 heteroatoms. The van der Waals surface area contributed by atoms with Crippen LogP contribution in [-0.2, 0) is 4.79 Å². The molecule has 0 heterocycles. The summed E-state index contributed by atoms with van der Waals surface area (Å²) in [4.78, 5) is 22.9. The summed E-state index contributed by atoms with van der Waals surface area (Å²) >= 11 is 5.85. The van der Waals surface area contributed by atoms with Crippen LogP contribution in [0, 0.1) is 5.41 Å². The summed E-state index contributed by atoms with van der Waals surface area (Å²) in [5.41, 5.74) is -0.779. The third-order valence-corrected chi connectivity index (χ3v) is 3.32. The van der Waals surface area contributed by atoms with E-state index in [2.05, 4.69) is 5.32 Å². The van der Waals surface area contributed by atoms with E-state index in [9.17, 15) is 14.7 Å². The van der Waals surface area contributed by atoms with Gasteiger partial charge in [-0.3, -0.25) is 4.79 Å². The molecule has 6 nitrogen and oxygen atoms in total. The number of hydrogen-bond acceptors (Lipinski definition) is 4. The second kappa shape index (κ2) is 6.78. The number of aliphatic carboxylic acids is 1. The predicted molar refractivity (Wildman–Crippen MR) is 77.8 cm³/mol. The van der Waals surface area contributed by atoms with Gasteiger partial charge in [-0.2, -0.15) is 0 Å². The molecule has 3 N–H and O–H groups in total. The Morgan fingerprint density at radius 2 is 2.05 bits per heavy atom. The molecule has 1 aromatic rings. The molecule has 0 aliphatic rings. The molecule has 21 heavy (non-hydrogen) atoms. The first kappa shape index (κ1) is 17.3.